The Hall–Kier alpha value is -1.16. The van der Waals surface area contributed by atoms with Gasteiger partial charge in [-0.2, -0.15) is 0 Å². The minimum atomic E-state index is 0.786. The van der Waals surface area contributed by atoms with Gasteiger partial charge in [-0.3, -0.25) is 0 Å². The molecule has 1 N–H and O–H groups in total. The van der Waals surface area contributed by atoms with Crippen LogP contribution in [0.25, 0.3) is 0 Å². The zero-order chi connectivity index (χ0) is 14.4. The molecule has 0 saturated heterocycles. The van der Waals surface area contributed by atoms with E-state index in [4.69, 9.17) is 16.3 Å². The smallest absolute Gasteiger partial charge is 0.118 e. The second kappa shape index (κ2) is 7.58. The zero-order valence-corrected chi connectivity index (χ0v) is 13.2. The Morgan fingerprint density at radius 3 is 2.55 bits per heavy atom. The highest BCUT2D eigenvalue weighted by molar-refractivity contribution is 7.99. The van der Waals surface area contributed by atoms with Crippen LogP contribution in [0, 0.1) is 0 Å². The normalized spacial score (nSPS) is 10.6. The third kappa shape index (κ3) is 3.92. The van der Waals surface area contributed by atoms with Crippen LogP contribution in [0.5, 0.6) is 5.75 Å². The average molecular weight is 308 g/mol. The molecule has 0 aromatic heterocycles. The van der Waals surface area contributed by atoms with Crippen molar-refractivity contribution in [1.82, 2.24) is 5.32 Å². The van der Waals surface area contributed by atoms with Crippen LogP contribution < -0.4 is 10.1 Å². The van der Waals surface area contributed by atoms with Crippen molar-refractivity contribution in [3.8, 4) is 5.75 Å². The van der Waals surface area contributed by atoms with E-state index in [1.165, 1.54) is 9.79 Å². The molecule has 0 saturated carbocycles. The van der Waals surface area contributed by atoms with Crippen LogP contribution in [0.15, 0.2) is 52.3 Å². The van der Waals surface area contributed by atoms with E-state index in [9.17, 15) is 0 Å². The van der Waals surface area contributed by atoms with Crippen molar-refractivity contribution in [2.75, 3.05) is 13.7 Å². The Labute approximate surface area is 129 Å². The van der Waals surface area contributed by atoms with Crippen LogP contribution in [-0.2, 0) is 6.54 Å². The maximum atomic E-state index is 6.31. The highest BCUT2D eigenvalue weighted by Crippen LogP contribution is 2.34. The molecule has 0 aliphatic rings. The fourth-order valence-electron chi connectivity index (χ4n) is 1.83. The number of benzene rings is 2. The van der Waals surface area contributed by atoms with Gasteiger partial charge in [0.15, 0.2) is 0 Å². The predicted molar refractivity (Wildman–Crippen MR) is 85.9 cm³/mol. The summed E-state index contributed by atoms with van der Waals surface area (Å²) >= 11 is 8.02. The molecule has 0 heterocycles. The zero-order valence-electron chi connectivity index (χ0n) is 11.7. The van der Waals surface area contributed by atoms with Gasteiger partial charge in [0.2, 0.25) is 0 Å². The summed E-state index contributed by atoms with van der Waals surface area (Å²) in [5.41, 5.74) is 1.15. The molecular formula is C16H18ClNOS. The molecule has 0 atom stereocenters. The largest absolute Gasteiger partial charge is 0.497 e. The standard InChI is InChI=1S/C16H18ClNOS/c1-3-18-11-14-15(17)5-4-6-16(14)20-13-9-7-12(19-2)8-10-13/h4-10,18H,3,11H2,1-2H3. The Balaban J connectivity index is 2.20. The quantitative estimate of drug-likeness (QED) is 0.842. The van der Waals surface area contributed by atoms with Gasteiger partial charge in [-0.1, -0.05) is 36.4 Å². The number of hydrogen-bond acceptors (Lipinski definition) is 3. The molecule has 2 aromatic rings. The van der Waals surface area contributed by atoms with Gasteiger partial charge in [0, 0.05) is 21.4 Å². The van der Waals surface area contributed by atoms with Gasteiger partial charge in [-0.25, -0.2) is 0 Å². The van der Waals surface area contributed by atoms with Crippen molar-refractivity contribution in [3.63, 3.8) is 0 Å². The molecule has 0 fully saturated rings. The van der Waals surface area contributed by atoms with Gasteiger partial charge >= 0.3 is 0 Å². The minimum absolute atomic E-state index is 0.786. The third-order valence-corrected chi connectivity index (χ3v) is 4.38. The first-order valence-corrected chi connectivity index (χ1v) is 7.74. The molecule has 2 nitrogen and oxygen atoms in total. The molecule has 106 valence electrons. The summed E-state index contributed by atoms with van der Waals surface area (Å²) in [6, 6.07) is 14.1. The summed E-state index contributed by atoms with van der Waals surface area (Å²) in [7, 11) is 1.67. The van der Waals surface area contributed by atoms with E-state index in [2.05, 4.69) is 30.4 Å². The van der Waals surface area contributed by atoms with Crippen molar-refractivity contribution < 1.29 is 4.74 Å². The number of nitrogens with one attached hydrogen (secondary N) is 1. The topological polar surface area (TPSA) is 21.3 Å². The molecule has 0 aliphatic heterocycles. The van der Waals surface area contributed by atoms with Gasteiger partial charge in [-0.15, -0.1) is 0 Å². The molecule has 0 amide bonds. The lowest BCUT2D eigenvalue weighted by molar-refractivity contribution is 0.414. The first-order chi connectivity index (χ1) is 9.74. The summed E-state index contributed by atoms with van der Waals surface area (Å²) in [4.78, 5) is 2.36. The molecule has 2 aromatic carbocycles. The average Bonchev–Trinajstić information content (AvgIpc) is 2.47. The molecule has 0 bridgehead atoms. The van der Waals surface area contributed by atoms with E-state index in [-0.39, 0.29) is 0 Å². The Kier molecular flexibility index (Phi) is 5.77. The monoisotopic (exact) mass is 307 g/mol. The van der Waals surface area contributed by atoms with E-state index >= 15 is 0 Å². The number of rotatable bonds is 6. The van der Waals surface area contributed by atoms with Crippen molar-refractivity contribution >= 4 is 23.4 Å². The summed E-state index contributed by atoms with van der Waals surface area (Å²) in [5, 5.41) is 4.14. The molecule has 0 aliphatic carbocycles. The molecule has 0 radical (unpaired) electrons. The highest BCUT2D eigenvalue weighted by atomic mass is 35.5. The number of methoxy groups -OCH3 is 1. The van der Waals surface area contributed by atoms with Crippen molar-refractivity contribution in [3.05, 3.63) is 53.1 Å². The molecule has 4 heteroatoms. The first kappa shape index (κ1) is 15.2. The Morgan fingerprint density at radius 2 is 1.90 bits per heavy atom. The van der Waals surface area contributed by atoms with Gasteiger partial charge < -0.3 is 10.1 Å². The van der Waals surface area contributed by atoms with Gasteiger partial charge in [0.1, 0.15) is 5.75 Å². The van der Waals surface area contributed by atoms with E-state index < -0.39 is 0 Å². The maximum Gasteiger partial charge on any atom is 0.118 e. The minimum Gasteiger partial charge on any atom is -0.497 e. The van der Waals surface area contributed by atoms with Gasteiger partial charge in [0.25, 0.3) is 0 Å². The number of halogens is 1. The van der Waals surface area contributed by atoms with Crippen LogP contribution >= 0.6 is 23.4 Å². The summed E-state index contributed by atoms with van der Waals surface area (Å²) in [5.74, 6) is 0.869. The second-order valence-electron chi connectivity index (χ2n) is 4.27. The molecular weight excluding hydrogens is 290 g/mol. The second-order valence-corrected chi connectivity index (χ2v) is 5.80. The van der Waals surface area contributed by atoms with Crippen LogP contribution in [0.3, 0.4) is 0 Å². The van der Waals surface area contributed by atoms with Gasteiger partial charge in [0.05, 0.1) is 7.11 Å². The van der Waals surface area contributed by atoms with Gasteiger partial charge in [-0.05, 0) is 48.5 Å². The lowest BCUT2D eigenvalue weighted by Crippen LogP contribution is -2.12. The number of hydrogen-bond donors (Lipinski definition) is 1. The van der Waals surface area contributed by atoms with Crippen molar-refractivity contribution in [2.24, 2.45) is 0 Å². The summed E-state index contributed by atoms with van der Waals surface area (Å²) < 4.78 is 5.17. The van der Waals surface area contributed by atoms with E-state index in [0.717, 1.165) is 29.4 Å². The van der Waals surface area contributed by atoms with Crippen molar-refractivity contribution in [2.45, 2.75) is 23.3 Å². The fraction of sp³-hybridized carbons (Fsp3) is 0.250. The van der Waals surface area contributed by atoms with Crippen LogP contribution in [0.1, 0.15) is 12.5 Å². The van der Waals surface area contributed by atoms with Crippen LogP contribution in [0.2, 0.25) is 5.02 Å². The van der Waals surface area contributed by atoms with Crippen LogP contribution in [0.4, 0.5) is 0 Å². The van der Waals surface area contributed by atoms with E-state index in [0.29, 0.717) is 0 Å². The summed E-state index contributed by atoms with van der Waals surface area (Å²) in [6.45, 7) is 3.81. The Bertz CT molecular complexity index is 557. The highest BCUT2D eigenvalue weighted by Gasteiger charge is 2.08. The lowest BCUT2D eigenvalue weighted by atomic mass is 10.2. The lowest BCUT2D eigenvalue weighted by Gasteiger charge is -2.11. The predicted octanol–water partition coefficient (Wildman–Crippen LogP) is 4.61. The van der Waals surface area contributed by atoms with Crippen molar-refractivity contribution in [1.29, 1.82) is 0 Å². The maximum absolute atomic E-state index is 6.31. The van der Waals surface area contributed by atoms with E-state index in [1.54, 1.807) is 18.9 Å². The molecule has 0 spiro atoms. The number of ether oxygens (including phenoxy) is 1. The first-order valence-electron chi connectivity index (χ1n) is 6.54. The fourth-order valence-corrected chi connectivity index (χ4v) is 3.10. The van der Waals surface area contributed by atoms with Crippen LogP contribution in [-0.4, -0.2) is 13.7 Å². The Morgan fingerprint density at radius 1 is 1.15 bits per heavy atom. The molecule has 2 rings (SSSR count). The SMILES string of the molecule is CCNCc1c(Cl)cccc1Sc1ccc(OC)cc1. The molecule has 20 heavy (non-hydrogen) atoms. The molecule has 0 unspecified atom stereocenters. The van der Waals surface area contributed by atoms with E-state index in [1.807, 2.05) is 24.3 Å². The summed E-state index contributed by atoms with van der Waals surface area (Å²) in [6.07, 6.45) is 0. The third-order valence-electron chi connectivity index (χ3n) is 2.91.